The smallest absolute Gasteiger partial charge is 0.328 e. The summed E-state index contributed by atoms with van der Waals surface area (Å²) in [6.07, 6.45) is 1.25. The first kappa shape index (κ1) is 23.8. The van der Waals surface area contributed by atoms with Crippen LogP contribution in [0.25, 0.3) is 10.1 Å². The Hall–Kier alpha value is -2.94. The number of hydrogen-bond donors (Lipinski definition) is 0. The number of ether oxygens (including phenoxy) is 2. The SMILES string of the molecule is COCCN1C(=O)N(Cc2cccc(OC)c2)C(=O)C12CCN(Cc1csc3ccccc13)CC2. The molecule has 0 saturated carbocycles. The number of hydrogen-bond acceptors (Lipinski definition) is 6. The van der Waals surface area contributed by atoms with E-state index in [2.05, 4.69) is 34.5 Å². The number of methoxy groups -OCH3 is 2. The van der Waals surface area contributed by atoms with Gasteiger partial charge < -0.3 is 14.4 Å². The zero-order valence-corrected chi connectivity index (χ0v) is 21.1. The number of nitrogens with zero attached hydrogens (tertiary/aromatic N) is 3. The third-order valence-corrected chi connectivity index (χ3v) is 8.27. The molecular weight excluding hydrogens is 462 g/mol. The van der Waals surface area contributed by atoms with Gasteiger partial charge in [-0.2, -0.15) is 0 Å². The van der Waals surface area contributed by atoms with Gasteiger partial charge in [0.15, 0.2) is 0 Å². The minimum Gasteiger partial charge on any atom is -0.497 e. The molecule has 0 N–H and O–H groups in total. The van der Waals surface area contributed by atoms with Gasteiger partial charge in [0.2, 0.25) is 0 Å². The van der Waals surface area contributed by atoms with Crippen LogP contribution < -0.4 is 4.74 Å². The summed E-state index contributed by atoms with van der Waals surface area (Å²) < 4.78 is 11.9. The lowest BCUT2D eigenvalue weighted by atomic mass is 9.85. The maximum absolute atomic E-state index is 13.8. The lowest BCUT2D eigenvalue weighted by Crippen LogP contribution is -2.57. The second-order valence-electron chi connectivity index (χ2n) is 9.23. The quantitative estimate of drug-likeness (QED) is 0.437. The van der Waals surface area contributed by atoms with Gasteiger partial charge in [-0.25, -0.2) is 4.79 Å². The topological polar surface area (TPSA) is 62.3 Å². The molecule has 2 fully saturated rings. The van der Waals surface area contributed by atoms with E-state index in [1.54, 1.807) is 30.5 Å². The molecule has 2 aromatic carbocycles. The maximum atomic E-state index is 13.8. The van der Waals surface area contributed by atoms with Crippen molar-refractivity contribution >= 4 is 33.4 Å². The molecule has 8 heteroatoms. The molecule has 0 radical (unpaired) electrons. The van der Waals surface area contributed by atoms with Gasteiger partial charge in [-0.15, -0.1) is 11.3 Å². The van der Waals surface area contributed by atoms with Crippen LogP contribution in [0.1, 0.15) is 24.0 Å². The molecule has 1 aromatic heterocycles. The van der Waals surface area contributed by atoms with Gasteiger partial charge in [-0.3, -0.25) is 14.6 Å². The number of imide groups is 1. The summed E-state index contributed by atoms with van der Waals surface area (Å²) in [5.41, 5.74) is 1.39. The molecule has 2 aliphatic heterocycles. The highest BCUT2D eigenvalue weighted by molar-refractivity contribution is 7.17. The number of carbonyl (C=O) groups is 2. The predicted molar refractivity (Wildman–Crippen MR) is 137 cm³/mol. The summed E-state index contributed by atoms with van der Waals surface area (Å²) in [6.45, 7) is 3.43. The van der Waals surface area contributed by atoms with Gasteiger partial charge in [0.25, 0.3) is 5.91 Å². The third-order valence-electron chi connectivity index (χ3n) is 7.25. The standard InChI is InChI=1S/C27H31N3O4S/c1-33-15-14-30-26(32)29(17-20-6-5-7-22(16-20)34-2)25(31)27(30)10-12-28(13-11-27)18-21-19-35-24-9-4-3-8-23(21)24/h3-9,16,19H,10-15,17-18H2,1-2H3. The largest absolute Gasteiger partial charge is 0.497 e. The minimum absolute atomic E-state index is 0.0953. The van der Waals surface area contributed by atoms with Crippen LogP contribution in [0, 0.1) is 0 Å². The zero-order valence-electron chi connectivity index (χ0n) is 20.2. The van der Waals surface area contributed by atoms with Gasteiger partial charge in [-0.05, 0) is 52.9 Å². The fourth-order valence-electron chi connectivity index (χ4n) is 5.33. The van der Waals surface area contributed by atoms with Crippen LogP contribution in [0.4, 0.5) is 4.79 Å². The fourth-order valence-corrected chi connectivity index (χ4v) is 6.28. The summed E-state index contributed by atoms with van der Waals surface area (Å²) in [7, 11) is 3.23. The van der Waals surface area contributed by atoms with Crippen LogP contribution in [0.2, 0.25) is 0 Å². The molecule has 0 aliphatic carbocycles. The van der Waals surface area contributed by atoms with Crippen molar-refractivity contribution in [1.29, 1.82) is 0 Å². The number of fused-ring (bicyclic) bond motifs is 1. The number of piperidine rings is 1. The normalized spacial score (nSPS) is 18.2. The van der Waals surface area contributed by atoms with E-state index < -0.39 is 5.54 Å². The first-order valence-corrected chi connectivity index (χ1v) is 12.9. The number of thiophene rings is 1. The van der Waals surface area contributed by atoms with Gasteiger partial charge in [0.05, 0.1) is 20.3 Å². The van der Waals surface area contributed by atoms with Crippen LogP contribution in [0.5, 0.6) is 5.75 Å². The number of likely N-dealkylation sites (tertiary alicyclic amines) is 1. The van der Waals surface area contributed by atoms with Crippen molar-refractivity contribution in [3.05, 3.63) is 65.0 Å². The summed E-state index contributed by atoms with van der Waals surface area (Å²) >= 11 is 1.77. The van der Waals surface area contributed by atoms with E-state index in [-0.39, 0.29) is 18.5 Å². The summed E-state index contributed by atoms with van der Waals surface area (Å²) in [6, 6.07) is 15.8. The lowest BCUT2D eigenvalue weighted by Gasteiger charge is -2.42. The van der Waals surface area contributed by atoms with E-state index in [0.717, 1.165) is 25.2 Å². The number of urea groups is 1. The molecule has 7 nitrogen and oxygen atoms in total. The van der Waals surface area contributed by atoms with E-state index >= 15 is 0 Å². The molecule has 184 valence electrons. The molecule has 35 heavy (non-hydrogen) atoms. The molecule has 3 aromatic rings. The Kier molecular flexibility index (Phi) is 6.77. The highest BCUT2D eigenvalue weighted by atomic mass is 32.1. The third kappa shape index (κ3) is 4.42. The lowest BCUT2D eigenvalue weighted by molar-refractivity contribution is -0.136. The van der Waals surface area contributed by atoms with E-state index in [1.807, 2.05) is 24.3 Å². The molecule has 3 amide bonds. The molecule has 0 atom stereocenters. The second kappa shape index (κ2) is 9.97. The number of rotatable bonds is 8. The first-order chi connectivity index (χ1) is 17.1. The molecule has 0 unspecified atom stereocenters. The van der Waals surface area contributed by atoms with E-state index in [1.165, 1.54) is 20.5 Å². The van der Waals surface area contributed by atoms with Crippen molar-refractivity contribution in [2.45, 2.75) is 31.5 Å². The maximum Gasteiger partial charge on any atom is 0.328 e. The Morgan fingerprint density at radius 1 is 1.00 bits per heavy atom. The summed E-state index contributed by atoms with van der Waals surface area (Å²) in [5.74, 6) is 0.615. The van der Waals surface area contributed by atoms with Crippen molar-refractivity contribution in [2.75, 3.05) is 40.5 Å². The van der Waals surface area contributed by atoms with Crippen molar-refractivity contribution in [3.63, 3.8) is 0 Å². The molecular formula is C27H31N3O4S. The van der Waals surface area contributed by atoms with E-state index in [9.17, 15) is 9.59 Å². The van der Waals surface area contributed by atoms with Crippen LogP contribution in [0.3, 0.4) is 0 Å². The van der Waals surface area contributed by atoms with Crippen LogP contribution in [-0.4, -0.2) is 72.6 Å². The van der Waals surface area contributed by atoms with Crippen LogP contribution in [0.15, 0.2) is 53.9 Å². The second-order valence-corrected chi connectivity index (χ2v) is 10.1. The van der Waals surface area contributed by atoms with Gasteiger partial charge in [0, 0.05) is 38.0 Å². The Labute approximate surface area is 209 Å². The predicted octanol–water partition coefficient (Wildman–Crippen LogP) is 4.36. The highest BCUT2D eigenvalue weighted by Gasteiger charge is 2.57. The zero-order chi connectivity index (χ0) is 24.4. The number of amides is 3. The van der Waals surface area contributed by atoms with E-state index in [4.69, 9.17) is 9.47 Å². The Morgan fingerprint density at radius 3 is 2.57 bits per heavy atom. The first-order valence-electron chi connectivity index (χ1n) is 12.0. The molecule has 2 saturated heterocycles. The average Bonchev–Trinajstić information content (AvgIpc) is 3.37. The van der Waals surface area contributed by atoms with Crippen LogP contribution in [-0.2, 0) is 22.6 Å². The van der Waals surface area contributed by atoms with Crippen LogP contribution >= 0.6 is 11.3 Å². The van der Waals surface area contributed by atoms with Crippen molar-refractivity contribution < 1.29 is 19.1 Å². The number of benzene rings is 2. The monoisotopic (exact) mass is 493 g/mol. The van der Waals surface area contributed by atoms with Gasteiger partial charge in [-0.1, -0.05) is 30.3 Å². The van der Waals surface area contributed by atoms with Crippen molar-refractivity contribution in [1.82, 2.24) is 14.7 Å². The Morgan fingerprint density at radius 2 is 1.80 bits per heavy atom. The Bertz CT molecular complexity index is 1220. The fraction of sp³-hybridized carbons (Fsp3) is 0.407. The summed E-state index contributed by atoms with van der Waals surface area (Å²) in [5, 5.41) is 3.54. The van der Waals surface area contributed by atoms with Gasteiger partial charge >= 0.3 is 6.03 Å². The Balaban J connectivity index is 1.33. The van der Waals surface area contributed by atoms with Crippen molar-refractivity contribution in [3.8, 4) is 5.75 Å². The molecule has 0 bridgehead atoms. The minimum atomic E-state index is -0.804. The molecule has 1 spiro atoms. The number of carbonyl (C=O) groups excluding carboxylic acids is 2. The van der Waals surface area contributed by atoms with Gasteiger partial charge in [0.1, 0.15) is 11.3 Å². The van der Waals surface area contributed by atoms with E-state index in [0.29, 0.717) is 31.7 Å². The molecule has 3 heterocycles. The summed E-state index contributed by atoms with van der Waals surface area (Å²) in [4.78, 5) is 32.8. The average molecular weight is 494 g/mol. The molecule has 2 aliphatic rings. The molecule has 5 rings (SSSR count). The highest BCUT2D eigenvalue weighted by Crippen LogP contribution is 2.39. The van der Waals surface area contributed by atoms with Crippen molar-refractivity contribution in [2.24, 2.45) is 0 Å².